The van der Waals surface area contributed by atoms with Gasteiger partial charge in [-0.05, 0) is 6.42 Å². The zero-order valence-electron chi connectivity index (χ0n) is 10.1. The van der Waals surface area contributed by atoms with Crippen LogP contribution < -0.4 is 16.4 Å². The Morgan fingerprint density at radius 3 is 2.47 bits per heavy atom. The van der Waals surface area contributed by atoms with Gasteiger partial charge < -0.3 is 21.3 Å². The zero-order chi connectivity index (χ0) is 12.0. The standard InChI is InChI=1S/C10H20N4O2.ClH/c1-2-3-8(13-10(11)16)9(15)14-6-4-12-5-7-14;/h8,12H,2-7H2,1H3,(H3,11,13,16);1H/t8-;/m1./s1. The van der Waals surface area contributed by atoms with Crippen molar-refractivity contribution in [3.8, 4) is 0 Å². The molecule has 0 bridgehead atoms. The monoisotopic (exact) mass is 264 g/mol. The molecule has 17 heavy (non-hydrogen) atoms. The molecule has 4 N–H and O–H groups in total. The van der Waals surface area contributed by atoms with Crippen molar-refractivity contribution < 1.29 is 9.59 Å². The molecule has 0 aliphatic carbocycles. The fraction of sp³-hybridized carbons (Fsp3) is 0.800. The number of hydrogen-bond donors (Lipinski definition) is 3. The van der Waals surface area contributed by atoms with Crippen LogP contribution in [-0.4, -0.2) is 49.1 Å². The van der Waals surface area contributed by atoms with Gasteiger partial charge in [0.2, 0.25) is 5.91 Å². The van der Waals surface area contributed by atoms with Gasteiger partial charge in [0, 0.05) is 26.2 Å². The summed E-state index contributed by atoms with van der Waals surface area (Å²) in [6, 6.07) is -1.11. The number of carbonyl (C=O) groups is 2. The Bertz CT molecular complexity index is 257. The number of piperazine rings is 1. The van der Waals surface area contributed by atoms with Gasteiger partial charge in [-0.2, -0.15) is 0 Å². The second-order valence-corrected chi connectivity index (χ2v) is 3.93. The van der Waals surface area contributed by atoms with Gasteiger partial charge in [-0.1, -0.05) is 13.3 Å². The van der Waals surface area contributed by atoms with Crippen molar-refractivity contribution in [2.24, 2.45) is 5.73 Å². The fourth-order valence-electron chi connectivity index (χ4n) is 1.82. The van der Waals surface area contributed by atoms with Crippen LogP contribution in [0.4, 0.5) is 4.79 Å². The molecule has 1 rings (SSSR count). The molecule has 0 unspecified atom stereocenters. The number of hydrogen-bond acceptors (Lipinski definition) is 3. The van der Waals surface area contributed by atoms with Gasteiger partial charge in [0.05, 0.1) is 0 Å². The highest BCUT2D eigenvalue weighted by atomic mass is 35.5. The van der Waals surface area contributed by atoms with E-state index in [0.29, 0.717) is 19.5 Å². The molecule has 0 aromatic rings. The van der Waals surface area contributed by atoms with Crippen LogP contribution in [0.25, 0.3) is 0 Å². The summed E-state index contributed by atoms with van der Waals surface area (Å²) in [7, 11) is 0. The predicted molar refractivity (Wildman–Crippen MR) is 68.1 cm³/mol. The number of halogens is 1. The number of nitrogens with two attached hydrogens (primary N) is 1. The molecule has 1 aliphatic rings. The van der Waals surface area contributed by atoms with Gasteiger partial charge in [0.25, 0.3) is 0 Å². The molecule has 3 amide bonds. The largest absolute Gasteiger partial charge is 0.352 e. The van der Waals surface area contributed by atoms with Gasteiger partial charge in [-0.3, -0.25) is 4.79 Å². The number of primary amides is 1. The van der Waals surface area contributed by atoms with E-state index in [0.717, 1.165) is 19.5 Å². The van der Waals surface area contributed by atoms with Crippen LogP contribution in [0, 0.1) is 0 Å². The lowest BCUT2D eigenvalue weighted by atomic mass is 10.1. The Balaban J connectivity index is 0.00000256. The Morgan fingerprint density at radius 1 is 1.41 bits per heavy atom. The van der Waals surface area contributed by atoms with Crippen molar-refractivity contribution in [2.45, 2.75) is 25.8 Å². The lowest BCUT2D eigenvalue weighted by Gasteiger charge is -2.30. The van der Waals surface area contributed by atoms with Crippen molar-refractivity contribution in [3.63, 3.8) is 0 Å². The number of nitrogens with one attached hydrogen (secondary N) is 2. The smallest absolute Gasteiger partial charge is 0.312 e. The highest BCUT2D eigenvalue weighted by molar-refractivity contribution is 5.86. The minimum atomic E-state index is -0.637. The van der Waals surface area contributed by atoms with Crippen LogP contribution in [0.5, 0.6) is 0 Å². The predicted octanol–water partition coefficient (Wildman–Crippen LogP) is -0.323. The molecule has 100 valence electrons. The highest BCUT2D eigenvalue weighted by Crippen LogP contribution is 2.03. The second-order valence-electron chi connectivity index (χ2n) is 3.93. The van der Waals surface area contributed by atoms with Gasteiger partial charge in [-0.15, -0.1) is 12.4 Å². The topological polar surface area (TPSA) is 87.5 Å². The second kappa shape index (κ2) is 8.14. The number of nitrogens with zero attached hydrogens (tertiary/aromatic N) is 1. The third kappa shape index (κ3) is 5.23. The first-order chi connectivity index (χ1) is 7.65. The van der Waals surface area contributed by atoms with Crippen LogP contribution in [0.1, 0.15) is 19.8 Å². The van der Waals surface area contributed by atoms with E-state index >= 15 is 0 Å². The Morgan fingerprint density at radius 2 is 2.00 bits per heavy atom. The van der Waals surface area contributed by atoms with Crippen LogP contribution in [0.15, 0.2) is 0 Å². The average Bonchev–Trinajstić information content (AvgIpc) is 2.28. The van der Waals surface area contributed by atoms with E-state index in [2.05, 4.69) is 10.6 Å². The lowest BCUT2D eigenvalue weighted by Crippen LogP contribution is -2.54. The first kappa shape index (κ1) is 16.0. The number of urea groups is 1. The summed E-state index contributed by atoms with van der Waals surface area (Å²) in [6.45, 7) is 4.97. The Kier molecular flexibility index (Phi) is 7.65. The van der Waals surface area contributed by atoms with Crippen molar-refractivity contribution in [1.82, 2.24) is 15.5 Å². The van der Waals surface area contributed by atoms with E-state index in [1.165, 1.54) is 0 Å². The Labute approximate surface area is 108 Å². The molecule has 1 atom stereocenters. The quantitative estimate of drug-likeness (QED) is 0.650. The van der Waals surface area contributed by atoms with Crippen molar-refractivity contribution in [1.29, 1.82) is 0 Å². The maximum absolute atomic E-state index is 12.1. The van der Waals surface area contributed by atoms with E-state index in [9.17, 15) is 9.59 Å². The lowest BCUT2D eigenvalue weighted by molar-refractivity contribution is -0.133. The van der Waals surface area contributed by atoms with Gasteiger partial charge in [0.1, 0.15) is 6.04 Å². The van der Waals surface area contributed by atoms with Crippen LogP contribution in [-0.2, 0) is 4.79 Å². The molecule has 1 heterocycles. The highest BCUT2D eigenvalue weighted by Gasteiger charge is 2.25. The van der Waals surface area contributed by atoms with Gasteiger partial charge >= 0.3 is 6.03 Å². The molecule has 0 radical (unpaired) electrons. The van der Waals surface area contributed by atoms with E-state index in [1.807, 2.05) is 6.92 Å². The summed E-state index contributed by atoms with van der Waals surface area (Å²) in [5.74, 6) is -0.0258. The maximum Gasteiger partial charge on any atom is 0.312 e. The number of carbonyl (C=O) groups excluding carboxylic acids is 2. The zero-order valence-corrected chi connectivity index (χ0v) is 10.9. The third-order valence-corrected chi connectivity index (χ3v) is 2.62. The van der Waals surface area contributed by atoms with Crippen LogP contribution in [0.3, 0.4) is 0 Å². The molecule has 0 spiro atoms. The summed E-state index contributed by atoms with van der Waals surface area (Å²) in [4.78, 5) is 24.6. The van der Waals surface area contributed by atoms with Crippen molar-refractivity contribution in [3.05, 3.63) is 0 Å². The molecule has 0 saturated carbocycles. The molecule has 1 fully saturated rings. The molecule has 1 saturated heterocycles. The van der Waals surface area contributed by atoms with Gasteiger partial charge in [0.15, 0.2) is 0 Å². The summed E-state index contributed by atoms with van der Waals surface area (Å²) in [6.07, 6.45) is 1.47. The number of amides is 3. The molecular formula is C10H21ClN4O2. The minimum absolute atomic E-state index is 0. The van der Waals surface area contributed by atoms with Crippen LogP contribution >= 0.6 is 12.4 Å². The van der Waals surface area contributed by atoms with Crippen molar-refractivity contribution >= 4 is 24.3 Å². The summed E-state index contributed by atoms with van der Waals surface area (Å²) in [5.41, 5.74) is 5.06. The van der Waals surface area contributed by atoms with Crippen LogP contribution in [0.2, 0.25) is 0 Å². The van der Waals surface area contributed by atoms with Crippen molar-refractivity contribution in [2.75, 3.05) is 26.2 Å². The Hall–Kier alpha value is -1.01. The summed E-state index contributed by atoms with van der Waals surface area (Å²) < 4.78 is 0. The molecule has 6 nitrogen and oxygen atoms in total. The van der Waals surface area contributed by atoms with Gasteiger partial charge in [-0.25, -0.2) is 4.79 Å². The number of rotatable bonds is 4. The van der Waals surface area contributed by atoms with E-state index in [4.69, 9.17) is 5.73 Å². The normalized spacial score (nSPS) is 16.9. The average molecular weight is 265 g/mol. The molecule has 7 heteroatoms. The van der Waals surface area contributed by atoms with E-state index in [1.54, 1.807) is 4.90 Å². The first-order valence-corrected chi connectivity index (χ1v) is 5.70. The third-order valence-electron chi connectivity index (χ3n) is 2.62. The SMILES string of the molecule is CCC[C@@H](NC(N)=O)C(=O)N1CCNCC1.Cl. The molecule has 0 aromatic carbocycles. The summed E-state index contributed by atoms with van der Waals surface area (Å²) in [5, 5.41) is 5.68. The molecular weight excluding hydrogens is 244 g/mol. The first-order valence-electron chi connectivity index (χ1n) is 5.70. The summed E-state index contributed by atoms with van der Waals surface area (Å²) >= 11 is 0. The molecule has 0 aromatic heterocycles. The minimum Gasteiger partial charge on any atom is -0.352 e. The molecule has 1 aliphatic heterocycles. The van der Waals surface area contributed by atoms with E-state index < -0.39 is 12.1 Å². The maximum atomic E-state index is 12.1. The fourth-order valence-corrected chi connectivity index (χ4v) is 1.82. The van der Waals surface area contributed by atoms with E-state index in [-0.39, 0.29) is 18.3 Å².